The second-order valence-corrected chi connectivity index (χ2v) is 3.99. The fraction of sp³-hybridized carbons (Fsp3) is 0.857. The minimum Gasteiger partial charge on any atom is -0.300 e. The molecule has 16 heavy (non-hydrogen) atoms. The molecule has 0 radical (unpaired) electrons. The van der Waals surface area contributed by atoms with E-state index in [-0.39, 0.29) is 0 Å². The minimum absolute atomic E-state index is 0.343. The number of hydrogen-bond acceptors (Lipinski definition) is 2. The number of unbranched alkanes of at least 4 members (excludes halogenated alkanes) is 2. The van der Waals surface area contributed by atoms with Crippen LogP contribution in [0.1, 0.15) is 79.1 Å². The van der Waals surface area contributed by atoms with Gasteiger partial charge < -0.3 is 0 Å². The fourth-order valence-electron chi connectivity index (χ4n) is 1.12. The van der Waals surface area contributed by atoms with Crippen molar-refractivity contribution in [3.63, 3.8) is 0 Å². The topological polar surface area (TPSA) is 34.1 Å². The molecular weight excluding hydrogens is 200 g/mol. The zero-order chi connectivity index (χ0) is 12.8. The van der Waals surface area contributed by atoms with Crippen LogP contribution < -0.4 is 0 Å². The molecule has 0 saturated heterocycles. The maximum Gasteiger partial charge on any atom is 0.132 e. The number of carbonyl (C=O) groups is 2. The minimum atomic E-state index is 0.343. The van der Waals surface area contributed by atoms with E-state index in [0.717, 1.165) is 38.5 Å². The summed E-state index contributed by atoms with van der Waals surface area (Å²) in [7, 11) is 0. The van der Waals surface area contributed by atoms with Gasteiger partial charge >= 0.3 is 0 Å². The van der Waals surface area contributed by atoms with Crippen molar-refractivity contribution in [1.82, 2.24) is 0 Å². The van der Waals surface area contributed by atoms with Crippen LogP contribution in [0.15, 0.2) is 0 Å². The average Bonchev–Trinajstić information content (AvgIpc) is 2.33. The molecule has 0 fully saturated rings. The molecule has 96 valence electrons. The Bertz CT molecular complexity index is 158. The van der Waals surface area contributed by atoms with Gasteiger partial charge in [0.25, 0.3) is 0 Å². The third-order valence-electron chi connectivity index (χ3n) is 2.41. The van der Waals surface area contributed by atoms with Gasteiger partial charge in [0.05, 0.1) is 0 Å². The zero-order valence-corrected chi connectivity index (χ0v) is 11.5. The summed E-state index contributed by atoms with van der Waals surface area (Å²) < 4.78 is 0. The van der Waals surface area contributed by atoms with E-state index in [2.05, 4.69) is 13.8 Å². The summed E-state index contributed by atoms with van der Waals surface area (Å²) in [6, 6.07) is 0. The van der Waals surface area contributed by atoms with Crippen LogP contribution in [0.2, 0.25) is 0 Å². The fourth-order valence-corrected chi connectivity index (χ4v) is 1.12. The summed E-state index contributed by atoms with van der Waals surface area (Å²) >= 11 is 0. The van der Waals surface area contributed by atoms with Crippen LogP contribution in [0, 0.1) is 0 Å². The molecule has 2 heteroatoms. The van der Waals surface area contributed by atoms with Crippen molar-refractivity contribution in [3.8, 4) is 0 Å². The van der Waals surface area contributed by atoms with Crippen LogP contribution in [0.5, 0.6) is 0 Å². The Morgan fingerprint density at radius 2 is 1.06 bits per heavy atom. The van der Waals surface area contributed by atoms with E-state index in [1.54, 1.807) is 0 Å². The highest BCUT2D eigenvalue weighted by Crippen LogP contribution is 2.02. The first-order valence-electron chi connectivity index (χ1n) is 6.65. The van der Waals surface area contributed by atoms with Crippen molar-refractivity contribution in [2.24, 2.45) is 0 Å². The molecule has 0 bridgehead atoms. The normalized spacial score (nSPS) is 9.25. The van der Waals surface area contributed by atoms with E-state index >= 15 is 0 Å². The Kier molecular flexibility index (Phi) is 15.9. The largest absolute Gasteiger partial charge is 0.300 e. The number of ketones is 2. The number of hydrogen-bond donors (Lipinski definition) is 0. The molecule has 0 aromatic rings. The number of rotatable bonds is 8. The number of carbonyl (C=O) groups excluding carboxylic acids is 2. The summed E-state index contributed by atoms with van der Waals surface area (Å²) in [5, 5.41) is 0. The van der Waals surface area contributed by atoms with Crippen LogP contribution >= 0.6 is 0 Å². The predicted octanol–water partition coefficient (Wildman–Crippen LogP) is 4.31. The van der Waals surface area contributed by atoms with Gasteiger partial charge in [-0.05, 0) is 12.8 Å². The van der Waals surface area contributed by atoms with Gasteiger partial charge in [0.15, 0.2) is 0 Å². The van der Waals surface area contributed by atoms with E-state index in [0.29, 0.717) is 24.4 Å². The Labute approximate surface area is 101 Å². The van der Waals surface area contributed by atoms with Crippen molar-refractivity contribution in [2.45, 2.75) is 79.1 Å². The van der Waals surface area contributed by atoms with E-state index in [4.69, 9.17) is 0 Å². The Balaban J connectivity index is 0. The van der Waals surface area contributed by atoms with Gasteiger partial charge in [-0.25, -0.2) is 0 Å². The predicted molar refractivity (Wildman–Crippen MR) is 69.6 cm³/mol. The van der Waals surface area contributed by atoms with Gasteiger partial charge in [0.2, 0.25) is 0 Å². The van der Waals surface area contributed by atoms with Gasteiger partial charge in [0.1, 0.15) is 11.6 Å². The lowest BCUT2D eigenvalue weighted by Crippen LogP contribution is -1.96. The first kappa shape index (κ1) is 17.7. The molecule has 0 heterocycles. The van der Waals surface area contributed by atoms with Gasteiger partial charge in [0, 0.05) is 25.7 Å². The molecule has 0 aliphatic heterocycles. The van der Waals surface area contributed by atoms with E-state index in [1.165, 1.54) is 0 Å². The van der Waals surface area contributed by atoms with E-state index in [1.807, 2.05) is 13.8 Å². The molecule has 0 aliphatic carbocycles. The SMILES string of the molecule is CCC(=O)CC.CCCCC(=O)CCCC. The first-order valence-corrected chi connectivity index (χ1v) is 6.65. The monoisotopic (exact) mass is 228 g/mol. The van der Waals surface area contributed by atoms with Crippen molar-refractivity contribution >= 4 is 11.6 Å². The van der Waals surface area contributed by atoms with Crippen LogP contribution in [0.3, 0.4) is 0 Å². The standard InChI is InChI=1S/C9H18O.C5H10O/c1-3-5-7-9(10)8-6-4-2;1-3-5(6)4-2/h3-8H2,1-2H3;3-4H2,1-2H3. The van der Waals surface area contributed by atoms with Crippen LogP contribution in [-0.4, -0.2) is 11.6 Å². The molecule has 0 saturated carbocycles. The molecule has 0 aliphatic rings. The highest BCUT2D eigenvalue weighted by Gasteiger charge is 1.98. The third-order valence-corrected chi connectivity index (χ3v) is 2.41. The second-order valence-electron chi connectivity index (χ2n) is 3.99. The molecule has 0 unspecified atom stereocenters. The summed E-state index contributed by atoms with van der Waals surface area (Å²) in [5.41, 5.74) is 0. The maximum atomic E-state index is 11.0. The van der Waals surface area contributed by atoms with Crippen molar-refractivity contribution < 1.29 is 9.59 Å². The lowest BCUT2D eigenvalue weighted by molar-refractivity contribution is -0.119. The Morgan fingerprint density at radius 1 is 0.688 bits per heavy atom. The van der Waals surface area contributed by atoms with E-state index < -0.39 is 0 Å². The third kappa shape index (κ3) is 15.8. The molecular formula is C14H28O2. The molecule has 0 spiro atoms. The van der Waals surface area contributed by atoms with Gasteiger partial charge in [-0.3, -0.25) is 9.59 Å². The average molecular weight is 228 g/mol. The number of Topliss-reactive ketones (excluding diaryl/α,β-unsaturated/α-hetero) is 2. The van der Waals surface area contributed by atoms with Crippen LogP contribution in [0.4, 0.5) is 0 Å². The lowest BCUT2D eigenvalue weighted by Gasteiger charge is -1.96. The Morgan fingerprint density at radius 3 is 1.25 bits per heavy atom. The van der Waals surface area contributed by atoms with Gasteiger partial charge in [-0.2, -0.15) is 0 Å². The molecule has 0 aromatic carbocycles. The van der Waals surface area contributed by atoms with Crippen molar-refractivity contribution in [2.75, 3.05) is 0 Å². The van der Waals surface area contributed by atoms with E-state index in [9.17, 15) is 9.59 Å². The molecule has 2 nitrogen and oxygen atoms in total. The summed E-state index contributed by atoms with van der Waals surface area (Å²) in [5.74, 6) is 0.790. The first-order chi connectivity index (χ1) is 7.62. The summed E-state index contributed by atoms with van der Waals surface area (Å²) in [4.78, 5) is 21.1. The lowest BCUT2D eigenvalue weighted by atomic mass is 10.1. The van der Waals surface area contributed by atoms with Crippen LogP contribution in [-0.2, 0) is 9.59 Å². The maximum absolute atomic E-state index is 11.0. The van der Waals surface area contributed by atoms with Gasteiger partial charge in [-0.1, -0.05) is 40.5 Å². The smallest absolute Gasteiger partial charge is 0.132 e. The summed E-state index contributed by atoms with van der Waals surface area (Å²) in [6.07, 6.45) is 7.40. The Hall–Kier alpha value is -0.660. The van der Waals surface area contributed by atoms with Crippen molar-refractivity contribution in [3.05, 3.63) is 0 Å². The molecule has 0 aromatic heterocycles. The van der Waals surface area contributed by atoms with Crippen molar-refractivity contribution in [1.29, 1.82) is 0 Å². The quantitative estimate of drug-likeness (QED) is 0.620. The second kappa shape index (κ2) is 14.3. The molecule has 0 atom stereocenters. The molecule has 0 rings (SSSR count). The summed E-state index contributed by atoms with van der Waals surface area (Å²) in [6.45, 7) is 8.00. The molecule has 0 N–H and O–H groups in total. The van der Waals surface area contributed by atoms with Crippen LogP contribution in [0.25, 0.3) is 0 Å². The highest BCUT2D eigenvalue weighted by molar-refractivity contribution is 5.78. The zero-order valence-electron chi connectivity index (χ0n) is 11.5. The van der Waals surface area contributed by atoms with Gasteiger partial charge in [-0.15, -0.1) is 0 Å². The molecule has 0 amide bonds. The highest BCUT2D eigenvalue weighted by atomic mass is 16.1.